The van der Waals surface area contributed by atoms with Gasteiger partial charge in [-0.2, -0.15) is 0 Å². The monoisotopic (exact) mass is 252 g/mol. The molecule has 0 fully saturated rings. The molecule has 0 spiro atoms. The van der Waals surface area contributed by atoms with Crippen LogP contribution in [0.1, 0.15) is 29.8 Å². The molecule has 1 aromatic carbocycles. The molecule has 0 aliphatic heterocycles. The number of hydrogen-bond acceptors (Lipinski definition) is 4. The lowest BCUT2D eigenvalue weighted by molar-refractivity contribution is -0.385. The summed E-state index contributed by atoms with van der Waals surface area (Å²) >= 11 is 0. The van der Waals surface area contributed by atoms with Crippen molar-refractivity contribution >= 4 is 11.6 Å². The SMILES string of the molecule is Cc1c(C(=O)NOCC(C)C)cccc1[N+](=O)[O-]. The van der Waals surface area contributed by atoms with Crippen molar-refractivity contribution in [2.45, 2.75) is 20.8 Å². The molecule has 1 amide bonds. The van der Waals surface area contributed by atoms with E-state index in [2.05, 4.69) is 5.48 Å². The fourth-order valence-corrected chi connectivity index (χ4v) is 1.40. The number of nitrogens with zero attached hydrogens (tertiary/aromatic N) is 1. The number of nitrogens with one attached hydrogen (secondary N) is 1. The van der Waals surface area contributed by atoms with Gasteiger partial charge in [0.15, 0.2) is 0 Å². The highest BCUT2D eigenvalue weighted by molar-refractivity contribution is 5.95. The van der Waals surface area contributed by atoms with E-state index in [9.17, 15) is 14.9 Å². The summed E-state index contributed by atoms with van der Waals surface area (Å²) in [5, 5.41) is 10.7. The highest BCUT2D eigenvalue weighted by Gasteiger charge is 2.17. The Balaban J connectivity index is 2.80. The molecular formula is C12H16N2O4. The molecule has 0 aliphatic carbocycles. The van der Waals surface area contributed by atoms with Crippen LogP contribution in [0.15, 0.2) is 18.2 Å². The zero-order valence-electron chi connectivity index (χ0n) is 10.6. The average Bonchev–Trinajstić information content (AvgIpc) is 2.28. The van der Waals surface area contributed by atoms with Gasteiger partial charge in [-0.05, 0) is 18.9 Å². The van der Waals surface area contributed by atoms with E-state index < -0.39 is 10.8 Å². The van der Waals surface area contributed by atoms with Gasteiger partial charge in [0.2, 0.25) is 0 Å². The van der Waals surface area contributed by atoms with Gasteiger partial charge in [-0.1, -0.05) is 19.9 Å². The zero-order valence-corrected chi connectivity index (χ0v) is 10.6. The van der Waals surface area contributed by atoms with Crippen LogP contribution in [-0.4, -0.2) is 17.4 Å². The molecule has 0 unspecified atom stereocenters. The molecule has 0 radical (unpaired) electrons. The van der Waals surface area contributed by atoms with E-state index in [4.69, 9.17) is 4.84 Å². The molecule has 0 saturated carbocycles. The molecule has 6 heteroatoms. The number of carbonyl (C=O) groups is 1. The van der Waals surface area contributed by atoms with Crippen LogP contribution in [0, 0.1) is 23.0 Å². The van der Waals surface area contributed by atoms with Crippen molar-refractivity contribution in [3.05, 3.63) is 39.4 Å². The lowest BCUT2D eigenvalue weighted by atomic mass is 10.1. The summed E-state index contributed by atoms with van der Waals surface area (Å²) < 4.78 is 0. The van der Waals surface area contributed by atoms with E-state index >= 15 is 0 Å². The number of rotatable bonds is 5. The lowest BCUT2D eigenvalue weighted by Gasteiger charge is -2.09. The van der Waals surface area contributed by atoms with Gasteiger partial charge in [0, 0.05) is 11.6 Å². The summed E-state index contributed by atoms with van der Waals surface area (Å²) in [5.74, 6) is -0.187. The van der Waals surface area contributed by atoms with Crippen LogP contribution in [0.5, 0.6) is 0 Å². The molecule has 0 aliphatic rings. The van der Waals surface area contributed by atoms with Crippen molar-refractivity contribution in [2.75, 3.05) is 6.61 Å². The Morgan fingerprint density at radius 2 is 2.17 bits per heavy atom. The summed E-state index contributed by atoms with van der Waals surface area (Å²) in [6, 6.07) is 4.36. The van der Waals surface area contributed by atoms with E-state index in [-0.39, 0.29) is 17.2 Å². The zero-order chi connectivity index (χ0) is 13.7. The molecule has 0 saturated heterocycles. The predicted octanol–water partition coefficient (Wildman–Crippen LogP) is 2.22. The van der Waals surface area contributed by atoms with E-state index in [1.165, 1.54) is 25.1 Å². The minimum atomic E-state index is -0.513. The Hall–Kier alpha value is -1.95. The molecule has 0 atom stereocenters. The summed E-state index contributed by atoms with van der Waals surface area (Å²) in [6.45, 7) is 5.82. The van der Waals surface area contributed by atoms with Crippen LogP contribution in [0.25, 0.3) is 0 Å². The maximum Gasteiger partial charge on any atom is 0.275 e. The van der Waals surface area contributed by atoms with Crippen molar-refractivity contribution < 1.29 is 14.6 Å². The fraction of sp³-hybridized carbons (Fsp3) is 0.417. The second kappa shape index (κ2) is 6.11. The van der Waals surface area contributed by atoms with Crippen LogP contribution >= 0.6 is 0 Å². The Labute approximate surface area is 105 Å². The molecule has 1 N–H and O–H groups in total. The van der Waals surface area contributed by atoms with Crippen molar-refractivity contribution in [3.63, 3.8) is 0 Å². The van der Waals surface area contributed by atoms with E-state index in [0.29, 0.717) is 12.2 Å². The van der Waals surface area contributed by atoms with Crippen LogP contribution < -0.4 is 5.48 Å². The minimum absolute atomic E-state index is 0.0773. The molecule has 0 bridgehead atoms. The van der Waals surface area contributed by atoms with E-state index in [1.54, 1.807) is 0 Å². The van der Waals surface area contributed by atoms with E-state index in [1.807, 2.05) is 13.8 Å². The fourth-order valence-electron chi connectivity index (χ4n) is 1.40. The first-order valence-electron chi connectivity index (χ1n) is 5.59. The molecule has 1 aromatic rings. The third-order valence-electron chi connectivity index (χ3n) is 2.33. The average molecular weight is 252 g/mol. The van der Waals surface area contributed by atoms with Crippen LogP contribution in [0.3, 0.4) is 0 Å². The maximum absolute atomic E-state index is 11.8. The molecule has 6 nitrogen and oxygen atoms in total. The van der Waals surface area contributed by atoms with Gasteiger partial charge in [0.1, 0.15) is 0 Å². The molecular weight excluding hydrogens is 236 g/mol. The standard InChI is InChI=1S/C12H16N2O4/c1-8(2)7-18-13-12(15)10-5-4-6-11(9(10)3)14(16)17/h4-6,8H,7H2,1-3H3,(H,13,15). The first kappa shape index (κ1) is 14.1. The Kier molecular flexibility index (Phi) is 4.79. The van der Waals surface area contributed by atoms with E-state index in [0.717, 1.165) is 0 Å². The second-order valence-corrected chi connectivity index (χ2v) is 4.34. The van der Waals surface area contributed by atoms with Gasteiger partial charge in [-0.25, -0.2) is 5.48 Å². The molecule has 0 heterocycles. The first-order chi connectivity index (χ1) is 8.43. The molecule has 98 valence electrons. The van der Waals surface area contributed by atoms with Crippen molar-refractivity contribution in [3.8, 4) is 0 Å². The largest absolute Gasteiger partial charge is 0.275 e. The van der Waals surface area contributed by atoms with Gasteiger partial charge in [0.05, 0.1) is 17.1 Å². The molecule has 1 rings (SSSR count). The number of nitro benzene ring substituents is 1. The molecule has 18 heavy (non-hydrogen) atoms. The quantitative estimate of drug-likeness (QED) is 0.643. The molecule has 0 aromatic heterocycles. The van der Waals surface area contributed by atoms with Gasteiger partial charge < -0.3 is 0 Å². The first-order valence-corrected chi connectivity index (χ1v) is 5.59. The number of nitro groups is 1. The van der Waals surface area contributed by atoms with Crippen LogP contribution in [0.2, 0.25) is 0 Å². The Morgan fingerprint density at radius 1 is 1.50 bits per heavy atom. The normalized spacial score (nSPS) is 10.4. The topological polar surface area (TPSA) is 81.5 Å². The number of carbonyl (C=O) groups excluding carboxylic acids is 1. The highest BCUT2D eigenvalue weighted by atomic mass is 16.7. The van der Waals surface area contributed by atoms with Crippen molar-refractivity contribution in [1.82, 2.24) is 5.48 Å². The Bertz CT molecular complexity index is 457. The third-order valence-corrected chi connectivity index (χ3v) is 2.33. The second-order valence-electron chi connectivity index (χ2n) is 4.34. The number of amides is 1. The number of hydrogen-bond donors (Lipinski definition) is 1. The van der Waals surface area contributed by atoms with Crippen molar-refractivity contribution in [2.24, 2.45) is 5.92 Å². The number of benzene rings is 1. The predicted molar refractivity (Wildman–Crippen MR) is 66.1 cm³/mol. The summed E-state index contributed by atoms with van der Waals surface area (Å²) in [6.07, 6.45) is 0. The summed E-state index contributed by atoms with van der Waals surface area (Å²) in [5.41, 5.74) is 2.77. The highest BCUT2D eigenvalue weighted by Crippen LogP contribution is 2.20. The van der Waals surface area contributed by atoms with Gasteiger partial charge >= 0.3 is 0 Å². The summed E-state index contributed by atoms with van der Waals surface area (Å²) in [4.78, 5) is 27.0. The number of hydroxylamine groups is 1. The smallest absolute Gasteiger partial charge is 0.273 e. The maximum atomic E-state index is 11.8. The lowest BCUT2D eigenvalue weighted by Crippen LogP contribution is -2.26. The Morgan fingerprint density at radius 3 is 2.72 bits per heavy atom. The third kappa shape index (κ3) is 3.53. The van der Waals surface area contributed by atoms with Crippen LogP contribution in [0.4, 0.5) is 5.69 Å². The summed E-state index contributed by atoms with van der Waals surface area (Å²) in [7, 11) is 0. The van der Waals surface area contributed by atoms with Gasteiger partial charge in [-0.15, -0.1) is 0 Å². The van der Waals surface area contributed by atoms with Crippen LogP contribution in [-0.2, 0) is 4.84 Å². The van der Waals surface area contributed by atoms with Gasteiger partial charge in [0.25, 0.3) is 11.6 Å². The van der Waals surface area contributed by atoms with Crippen molar-refractivity contribution in [1.29, 1.82) is 0 Å². The van der Waals surface area contributed by atoms with Gasteiger partial charge in [-0.3, -0.25) is 19.7 Å². The minimum Gasteiger partial charge on any atom is -0.273 e.